The average molecular weight is 728 g/mol. The van der Waals surface area contributed by atoms with E-state index in [-0.39, 0.29) is 46.9 Å². The number of aromatic hydroxyl groups is 1. The minimum absolute atomic E-state index is 0.0548. The summed E-state index contributed by atoms with van der Waals surface area (Å²) in [5, 5.41) is 10.5. The fourth-order valence-corrected chi connectivity index (χ4v) is 9.58. The van der Waals surface area contributed by atoms with Crippen LogP contribution >= 0.6 is 23.2 Å². The van der Waals surface area contributed by atoms with Crippen molar-refractivity contribution in [3.05, 3.63) is 64.5 Å². The number of imide groups is 2. The van der Waals surface area contributed by atoms with Crippen LogP contribution in [-0.4, -0.2) is 56.0 Å². The van der Waals surface area contributed by atoms with E-state index in [1.54, 1.807) is 13.0 Å². The number of amides is 4. The Morgan fingerprint density at radius 3 is 2.14 bits per heavy atom. The largest absolute Gasteiger partial charge is 0.504 e. The van der Waals surface area contributed by atoms with Crippen LogP contribution in [0.15, 0.2) is 29.8 Å². The number of fused-ring (bicyclic) bond motifs is 4. The first-order valence-electron chi connectivity index (χ1n) is 16.0. The Bertz CT molecular complexity index is 1840. The van der Waals surface area contributed by atoms with Crippen LogP contribution in [-0.2, 0) is 19.2 Å². The zero-order chi connectivity index (χ0) is 35.3. The molecule has 0 unspecified atom stereocenters. The molecule has 0 bridgehead atoms. The molecule has 49 heavy (non-hydrogen) atoms. The van der Waals surface area contributed by atoms with Crippen molar-refractivity contribution in [1.82, 2.24) is 4.90 Å². The van der Waals surface area contributed by atoms with Crippen LogP contribution < -0.4 is 9.64 Å². The van der Waals surface area contributed by atoms with Gasteiger partial charge in [0.15, 0.2) is 44.5 Å². The van der Waals surface area contributed by atoms with Crippen LogP contribution in [0.2, 0.25) is 0 Å². The van der Waals surface area contributed by atoms with Crippen LogP contribution in [0.4, 0.5) is 27.6 Å². The second kappa shape index (κ2) is 11.7. The molecule has 2 aromatic rings. The zero-order valence-electron chi connectivity index (χ0n) is 25.9. The number of carbonyl (C=O) groups excluding carboxylic acids is 4. The third-order valence-corrected chi connectivity index (χ3v) is 12.2. The smallest absolute Gasteiger partial charge is 0.258 e. The molecule has 7 rings (SSSR count). The number of alkyl halides is 2. The molecule has 2 aromatic carbocycles. The van der Waals surface area contributed by atoms with E-state index in [4.69, 9.17) is 27.9 Å². The van der Waals surface area contributed by atoms with Gasteiger partial charge in [0.25, 0.3) is 11.8 Å². The highest BCUT2D eigenvalue weighted by atomic mass is 35.5. The maximum Gasteiger partial charge on any atom is 0.258 e. The highest BCUT2D eigenvalue weighted by molar-refractivity contribution is 6.58. The molecule has 0 spiro atoms. The number of halogens is 7. The van der Waals surface area contributed by atoms with Gasteiger partial charge in [-0.2, -0.15) is 0 Å². The number of nitrogens with zero attached hydrogens (tertiary/aromatic N) is 2. The Labute approximate surface area is 286 Å². The molecule has 0 aromatic heterocycles. The number of allylic oxidation sites excluding steroid dienone is 2. The lowest BCUT2D eigenvalue weighted by molar-refractivity contribution is -0.143. The standard InChI is InChI=1S/C34H29Cl2F5N2O6/c1-2-49-20-12-14(8-11-19(20)44)22-16-9-10-17-21(30(46)42(29(17)45)15-6-4-3-5-7-15)18(16)13-33(35)31(47)43(32(48)34(22,33)36)28-26(40)24(38)23(37)25(39)27(28)41/h8-9,11-12,15,17-18,21-22,44H,2-7,10,13H2,1H3/t17-,18+,21-,22-,33+,34-/m0/s1. The van der Waals surface area contributed by atoms with Crippen LogP contribution in [0.1, 0.15) is 63.4 Å². The minimum atomic E-state index is -2.66. The summed E-state index contributed by atoms with van der Waals surface area (Å²) in [6.07, 6.45) is 5.01. The van der Waals surface area contributed by atoms with Gasteiger partial charge in [0.2, 0.25) is 17.6 Å². The van der Waals surface area contributed by atoms with Gasteiger partial charge in [-0.15, -0.1) is 23.2 Å². The summed E-state index contributed by atoms with van der Waals surface area (Å²) in [5.74, 6) is -20.9. The van der Waals surface area contributed by atoms with Gasteiger partial charge in [-0.1, -0.05) is 37.0 Å². The van der Waals surface area contributed by atoms with Crippen molar-refractivity contribution < 1.29 is 51.0 Å². The topological polar surface area (TPSA) is 104 Å². The molecule has 4 amide bonds. The number of ether oxygens (including phenoxy) is 1. The second-order valence-corrected chi connectivity index (χ2v) is 14.4. The molecule has 8 nitrogen and oxygen atoms in total. The molecule has 15 heteroatoms. The lowest BCUT2D eigenvalue weighted by Gasteiger charge is -2.50. The first-order valence-corrected chi connectivity index (χ1v) is 16.8. The van der Waals surface area contributed by atoms with E-state index in [0.717, 1.165) is 19.3 Å². The SMILES string of the molecule is CCOc1cc([C@H]2C3=CC[C@@H]4C(=O)N(C5CCCCC5)C(=O)[C@@H]4[C@@H]3C[C@@]3(Cl)C(=O)N(c4c(F)c(F)c(F)c(F)c4F)C(=O)[C@@]23Cl)ccc1O. The number of likely N-dealkylation sites (tertiary alicyclic amines) is 1. The number of hydrogen-bond acceptors (Lipinski definition) is 6. The van der Waals surface area contributed by atoms with Gasteiger partial charge in [0.1, 0.15) is 5.69 Å². The average Bonchev–Trinajstić information content (AvgIpc) is 3.42. The Kier molecular flexibility index (Phi) is 8.05. The van der Waals surface area contributed by atoms with Crippen molar-refractivity contribution in [2.75, 3.05) is 11.5 Å². The number of carbonyl (C=O) groups is 4. The minimum Gasteiger partial charge on any atom is -0.504 e. The van der Waals surface area contributed by atoms with Crippen LogP contribution in [0.5, 0.6) is 11.5 Å². The Hall–Kier alpha value is -3.71. The van der Waals surface area contributed by atoms with Crippen molar-refractivity contribution in [1.29, 1.82) is 0 Å². The monoisotopic (exact) mass is 726 g/mol. The van der Waals surface area contributed by atoms with Crippen molar-refractivity contribution in [2.24, 2.45) is 17.8 Å². The fraction of sp³-hybridized carbons (Fsp3) is 0.471. The molecular formula is C34H29Cl2F5N2O6. The van der Waals surface area contributed by atoms with Gasteiger partial charge in [-0.05, 0) is 56.2 Å². The summed E-state index contributed by atoms with van der Waals surface area (Å²) < 4.78 is 78.9. The number of hydrogen-bond donors (Lipinski definition) is 1. The maximum absolute atomic E-state index is 15.2. The molecule has 5 aliphatic rings. The number of phenols is 1. The van der Waals surface area contributed by atoms with Crippen molar-refractivity contribution in [3.63, 3.8) is 0 Å². The molecule has 2 saturated heterocycles. The first-order chi connectivity index (χ1) is 23.2. The molecule has 3 aliphatic carbocycles. The van der Waals surface area contributed by atoms with Crippen LogP contribution in [0.3, 0.4) is 0 Å². The van der Waals surface area contributed by atoms with E-state index in [0.29, 0.717) is 18.4 Å². The van der Waals surface area contributed by atoms with Gasteiger partial charge in [-0.3, -0.25) is 24.1 Å². The van der Waals surface area contributed by atoms with Gasteiger partial charge < -0.3 is 9.84 Å². The van der Waals surface area contributed by atoms with Gasteiger partial charge in [0.05, 0.1) is 18.4 Å². The molecule has 0 radical (unpaired) electrons. The van der Waals surface area contributed by atoms with E-state index < -0.39 is 92.3 Å². The third-order valence-electron chi connectivity index (χ3n) is 10.8. The van der Waals surface area contributed by atoms with E-state index in [9.17, 15) is 37.5 Å². The Morgan fingerprint density at radius 2 is 1.51 bits per heavy atom. The first kappa shape index (κ1) is 33.8. The summed E-state index contributed by atoms with van der Waals surface area (Å²) in [4.78, 5) is 52.5. The van der Waals surface area contributed by atoms with Crippen LogP contribution in [0, 0.1) is 46.8 Å². The summed E-state index contributed by atoms with van der Waals surface area (Å²) in [5.41, 5.74) is -1.38. The van der Waals surface area contributed by atoms with Gasteiger partial charge >= 0.3 is 0 Å². The van der Waals surface area contributed by atoms with Gasteiger partial charge in [-0.25, -0.2) is 26.9 Å². The fourth-order valence-electron chi connectivity index (χ4n) is 8.65. The lowest BCUT2D eigenvalue weighted by Crippen LogP contribution is -2.60. The summed E-state index contributed by atoms with van der Waals surface area (Å²) >= 11 is 14.3. The van der Waals surface area contributed by atoms with Crippen molar-refractivity contribution >= 4 is 52.5 Å². The molecule has 2 saturated carbocycles. The normalized spacial score (nSPS) is 31.6. The molecule has 2 aliphatic heterocycles. The third kappa shape index (κ3) is 4.46. The number of anilines is 1. The summed E-state index contributed by atoms with van der Waals surface area (Å²) in [6, 6.07) is 3.59. The number of benzene rings is 2. The summed E-state index contributed by atoms with van der Waals surface area (Å²) in [7, 11) is 0. The molecule has 2 heterocycles. The van der Waals surface area contributed by atoms with E-state index in [1.807, 2.05) is 0 Å². The predicted octanol–water partition coefficient (Wildman–Crippen LogP) is 6.38. The van der Waals surface area contributed by atoms with Gasteiger partial charge in [0, 0.05) is 12.0 Å². The quantitative estimate of drug-likeness (QED) is 0.0958. The van der Waals surface area contributed by atoms with E-state index in [1.165, 1.54) is 23.1 Å². The molecule has 1 N–H and O–H groups in total. The molecule has 260 valence electrons. The molecular weight excluding hydrogens is 698 g/mol. The number of phenolic OH excluding ortho intramolecular Hbond substituents is 1. The maximum atomic E-state index is 15.2. The zero-order valence-corrected chi connectivity index (χ0v) is 27.4. The Morgan fingerprint density at radius 1 is 0.878 bits per heavy atom. The van der Waals surface area contributed by atoms with E-state index >= 15 is 8.78 Å². The summed E-state index contributed by atoms with van der Waals surface area (Å²) in [6.45, 7) is 1.74. The number of rotatable bonds is 5. The Balaban J connectivity index is 1.42. The molecule has 6 atom stereocenters. The highest BCUT2D eigenvalue weighted by Gasteiger charge is 2.77. The lowest BCUT2D eigenvalue weighted by atomic mass is 9.56. The van der Waals surface area contributed by atoms with Crippen molar-refractivity contribution in [3.8, 4) is 11.5 Å². The van der Waals surface area contributed by atoms with Crippen molar-refractivity contribution in [2.45, 2.75) is 73.6 Å². The second-order valence-electron chi connectivity index (χ2n) is 13.2. The van der Waals surface area contributed by atoms with E-state index in [2.05, 4.69) is 0 Å². The highest BCUT2D eigenvalue weighted by Crippen LogP contribution is 2.66. The predicted molar refractivity (Wildman–Crippen MR) is 164 cm³/mol. The molecule has 4 fully saturated rings. The van der Waals surface area contributed by atoms with Crippen LogP contribution in [0.25, 0.3) is 0 Å².